The van der Waals surface area contributed by atoms with Gasteiger partial charge < -0.3 is 20.1 Å². The maximum Gasteiger partial charge on any atom is 0.407 e. The minimum atomic E-state index is -2.95. The predicted octanol–water partition coefficient (Wildman–Crippen LogP) is 4.25. The van der Waals surface area contributed by atoms with Crippen molar-refractivity contribution in [2.75, 3.05) is 6.54 Å². The highest BCUT2D eigenvalue weighted by Crippen LogP contribution is 2.29. The molecule has 0 radical (unpaired) electrons. The Hall–Kier alpha value is -2.64. The fraction of sp³-hybridized carbons (Fsp3) is 0.524. The molecule has 0 spiro atoms. The Morgan fingerprint density at radius 1 is 1.21 bits per heavy atom. The second-order valence-electron chi connectivity index (χ2n) is 8.08. The molecule has 1 aromatic carbocycles. The van der Waals surface area contributed by atoms with Crippen LogP contribution in [0, 0.1) is 0 Å². The summed E-state index contributed by atoms with van der Waals surface area (Å²) in [5.41, 5.74) is -0.792. The van der Waals surface area contributed by atoms with Crippen molar-refractivity contribution >= 4 is 18.1 Å². The van der Waals surface area contributed by atoms with Crippen LogP contribution in [0.5, 0.6) is 5.75 Å². The number of hydrogen-bond donors (Lipinski definition) is 2. The molecule has 0 atom stereocenters. The van der Waals surface area contributed by atoms with Crippen LogP contribution in [0.1, 0.15) is 52.0 Å². The van der Waals surface area contributed by atoms with Gasteiger partial charge in [-0.2, -0.15) is 8.78 Å². The van der Waals surface area contributed by atoms with Gasteiger partial charge >= 0.3 is 12.7 Å². The first-order valence-corrected chi connectivity index (χ1v) is 9.60. The molecule has 1 aromatic rings. The molecule has 0 aliphatic heterocycles. The van der Waals surface area contributed by atoms with E-state index in [1.165, 1.54) is 18.2 Å². The van der Waals surface area contributed by atoms with Gasteiger partial charge in [-0.1, -0.05) is 31.0 Å². The number of alkyl carbamates (subject to hydrolysis) is 1. The molecule has 0 bridgehead atoms. The van der Waals surface area contributed by atoms with E-state index in [0.717, 1.165) is 25.7 Å². The first-order valence-electron chi connectivity index (χ1n) is 9.60. The van der Waals surface area contributed by atoms with Crippen molar-refractivity contribution < 1.29 is 27.8 Å². The first-order chi connectivity index (χ1) is 13.6. The Balaban J connectivity index is 1.99. The van der Waals surface area contributed by atoms with Crippen LogP contribution >= 0.6 is 0 Å². The predicted molar refractivity (Wildman–Crippen MR) is 106 cm³/mol. The van der Waals surface area contributed by atoms with Crippen LogP contribution in [0.25, 0.3) is 6.08 Å². The molecule has 2 amide bonds. The average Bonchev–Trinajstić information content (AvgIpc) is 3.06. The summed E-state index contributed by atoms with van der Waals surface area (Å²) in [6.07, 6.45) is 5.50. The van der Waals surface area contributed by atoms with Gasteiger partial charge in [-0.05, 0) is 45.8 Å². The van der Waals surface area contributed by atoms with E-state index < -0.39 is 23.8 Å². The maximum atomic E-state index is 12.5. The third-order valence-corrected chi connectivity index (χ3v) is 4.47. The topological polar surface area (TPSA) is 76.7 Å². The van der Waals surface area contributed by atoms with E-state index in [1.807, 2.05) is 0 Å². The van der Waals surface area contributed by atoms with Gasteiger partial charge in [0.25, 0.3) is 0 Å². The van der Waals surface area contributed by atoms with Gasteiger partial charge in [-0.25, -0.2) is 4.79 Å². The van der Waals surface area contributed by atoms with E-state index in [-0.39, 0.29) is 18.2 Å². The zero-order chi connectivity index (χ0) is 21.5. The Morgan fingerprint density at radius 3 is 2.48 bits per heavy atom. The molecule has 0 saturated heterocycles. The molecular formula is C21H28F2N2O4. The van der Waals surface area contributed by atoms with Gasteiger partial charge in [-0.3, -0.25) is 4.79 Å². The average molecular weight is 410 g/mol. The number of amides is 2. The quantitative estimate of drug-likeness (QED) is 0.659. The van der Waals surface area contributed by atoms with Crippen molar-refractivity contribution in [3.63, 3.8) is 0 Å². The van der Waals surface area contributed by atoms with E-state index in [4.69, 9.17) is 4.74 Å². The van der Waals surface area contributed by atoms with E-state index in [9.17, 15) is 18.4 Å². The Kier molecular flexibility index (Phi) is 7.59. The highest BCUT2D eigenvalue weighted by atomic mass is 19.3. The number of rotatable bonds is 7. The Morgan fingerprint density at radius 2 is 1.86 bits per heavy atom. The molecule has 1 aliphatic rings. The minimum absolute atomic E-state index is 0.00581. The van der Waals surface area contributed by atoms with Gasteiger partial charge in [0, 0.05) is 18.2 Å². The lowest BCUT2D eigenvalue weighted by atomic mass is 9.97. The number of hydrogen-bond acceptors (Lipinski definition) is 4. The molecular weight excluding hydrogens is 382 g/mol. The number of carbonyl (C=O) groups is 2. The zero-order valence-electron chi connectivity index (χ0n) is 17.0. The lowest BCUT2D eigenvalue weighted by molar-refractivity contribution is -0.118. The summed E-state index contributed by atoms with van der Waals surface area (Å²) in [5, 5.41) is 5.68. The minimum Gasteiger partial charge on any atom is -0.444 e. The summed E-state index contributed by atoms with van der Waals surface area (Å²) in [6, 6.07) is 6.23. The van der Waals surface area contributed by atoms with Crippen LogP contribution in [-0.4, -0.2) is 36.3 Å². The monoisotopic (exact) mass is 410 g/mol. The molecule has 6 nitrogen and oxygen atoms in total. The van der Waals surface area contributed by atoms with Crippen LogP contribution in [0.4, 0.5) is 13.6 Å². The number of alkyl halides is 2. The van der Waals surface area contributed by atoms with Crippen molar-refractivity contribution in [3.8, 4) is 5.75 Å². The number of benzene rings is 1. The van der Waals surface area contributed by atoms with Crippen LogP contribution < -0.4 is 15.4 Å². The second-order valence-corrected chi connectivity index (χ2v) is 8.08. The van der Waals surface area contributed by atoms with E-state index in [2.05, 4.69) is 15.4 Å². The van der Waals surface area contributed by atoms with Crippen LogP contribution in [0.3, 0.4) is 0 Å². The molecule has 0 aromatic heterocycles. The summed E-state index contributed by atoms with van der Waals surface area (Å²) in [5.74, 6) is -0.376. The molecule has 0 unspecified atom stereocenters. The molecule has 1 fully saturated rings. The third-order valence-electron chi connectivity index (χ3n) is 4.47. The molecule has 2 rings (SSSR count). The van der Waals surface area contributed by atoms with Gasteiger partial charge in [-0.15, -0.1) is 0 Å². The van der Waals surface area contributed by atoms with Crippen molar-refractivity contribution in [1.82, 2.24) is 10.6 Å². The molecule has 2 N–H and O–H groups in total. The van der Waals surface area contributed by atoms with Crippen molar-refractivity contribution in [3.05, 3.63) is 35.9 Å². The fourth-order valence-corrected chi connectivity index (χ4v) is 3.24. The van der Waals surface area contributed by atoms with Crippen molar-refractivity contribution in [2.24, 2.45) is 0 Å². The van der Waals surface area contributed by atoms with Crippen LogP contribution in [-0.2, 0) is 9.53 Å². The second kappa shape index (κ2) is 9.71. The number of halogens is 2. The molecule has 0 heterocycles. The third kappa shape index (κ3) is 7.71. The fourth-order valence-electron chi connectivity index (χ4n) is 3.24. The summed E-state index contributed by atoms with van der Waals surface area (Å²) in [7, 11) is 0. The molecule has 1 aliphatic carbocycles. The molecule has 8 heteroatoms. The maximum absolute atomic E-state index is 12.5. The summed E-state index contributed by atoms with van der Waals surface area (Å²) in [4.78, 5) is 24.4. The largest absolute Gasteiger partial charge is 0.444 e. The van der Waals surface area contributed by atoms with Crippen LogP contribution in [0.2, 0.25) is 0 Å². The zero-order valence-corrected chi connectivity index (χ0v) is 17.0. The highest BCUT2D eigenvalue weighted by molar-refractivity contribution is 5.92. The van der Waals surface area contributed by atoms with E-state index >= 15 is 0 Å². The number of para-hydroxylation sites is 1. The molecule has 160 valence electrons. The lowest BCUT2D eigenvalue weighted by Crippen LogP contribution is -2.54. The van der Waals surface area contributed by atoms with Gasteiger partial charge in [0.05, 0.1) is 5.54 Å². The molecule has 1 saturated carbocycles. The highest BCUT2D eigenvalue weighted by Gasteiger charge is 2.35. The van der Waals surface area contributed by atoms with Crippen LogP contribution in [0.15, 0.2) is 30.3 Å². The van der Waals surface area contributed by atoms with Gasteiger partial charge in [0.15, 0.2) is 0 Å². The van der Waals surface area contributed by atoms with Gasteiger partial charge in [0.1, 0.15) is 11.4 Å². The normalized spacial score (nSPS) is 16.1. The lowest BCUT2D eigenvalue weighted by Gasteiger charge is -2.30. The number of carbonyl (C=O) groups excluding carboxylic acids is 2. The summed E-state index contributed by atoms with van der Waals surface area (Å²) < 4.78 is 34.7. The number of nitrogens with one attached hydrogen (secondary N) is 2. The van der Waals surface area contributed by atoms with E-state index in [0.29, 0.717) is 5.56 Å². The Bertz CT molecular complexity index is 738. The number of ether oxygens (including phenoxy) is 2. The smallest absolute Gasteiger partial charge is 0.407 e. The SMILES string of the molecule is CC(C)(C)OC(=O)NCC1(NC(=O)C=Cc2ccccc2OC(F)F)CCCC1. The standard InChI is InChI=1S/C21H28F2N2O4/c1-20(2,3)29-19(27)24-14-21(12-6-7-13-21)25-17(26)11-10-15-8-4-5-9-16(15)28-18(22)23/h4-5,8-11,18H,6-7,12-14H2,1-3H3,(H,24,27)(H,25,26). The molecule has 29 heavy (non-hydrogen) atoms. The first kappa shape index (κ1) is 22.6. The summed E-state index contributed by atoms with van der Waals surface area (Å²) in [6.45, 7) is 2.64. The summed E-state index contributed by atoms with van der Waals surface area (Å²) >= 11 is 0. The Labute approximate surface area is 169 Å². The van der Waals surface area contributed by atoms with E-state index in [1.54, 1.807) is 39.0 Å². The van der Waals surface area contributed by atoms with Crippen molar-refractivity contribution in [2.45, 2.75) is 64.2 Å². The van der Waals surface area contributed by atoms with Gasteiger partial charge in [0.2, 0.25) is 5.91 Å². The van der Waals surface area contributed by atoms with Crippen molar-refractivity contribution in [1.29, 1.82) is 0 Å².